The molecular formula is C31H32ClN5OS. The molecule has 0 bridgehead atoms. The standard InChI is InChI=1S/C31H32ClN5OS/c1-6-28(38)34-25-13-12-23(15-19(25)3)37-30(29(35-31(37)39)26-9-7-8-14-33-26)24-16-20(4)36(21(24)5)27-17-22(32)11-10-18(27)2/h7-17,29-30H,6H2,1-5H3,(H,34,38)(H,35,39). The van der Waals surface area contributed by atoms with Crippen LogP contribution in [0.1, 0.15) is 59.2 Å². The highest BCUT2D eigenvalue weighted by Gasteiger charge is 2.42. The molecule has 2 aromatic heterocycles. The van der Waals surface area contributed by atoms with Crippen LogP contribution in [-0.4, -0.2) is 20.6 Å². The Morgan fingerprint density at radius 3 is 2.54 bits per heavy atom. The maximum atomic E-state index is 12.0. The normalized spacial score (nSPS) is 16.9. The van der Waals surface area contributed by atoms with Gasteiger partial charge in [0, 0.05) is 46.1 Å². The van der Waals surface area contributed by atoms with E-state index < -0.39 is 0 Å². The third kappa shape index (κ3) is 5.04. The Balaban J connectivity index is 1.65. The van der Waals surface area contributed by atoms with Gasteiger partial charge in [-0.3, -0.25) is 9.78 Å². The van der Waals surface area contributed by atoms with E-state index in [0.717, 1.165) is 50.8 Å². The highest BCUT2D eigenvalue weighted by Crippen LogP contribution is 2.44. The largest absolute Gasteiger partial charge is 0.351 e. The predicted octanol–water partition coefficient (Wildman–Crippen LogP) is 7.28. The minimum absolute atomic E-state index is 0.0129. The van der Waals surface area contributed by atoms with E-state index in [1.54, 1.807) is 0 Å². The lowest BCUT2D eigenvalue weighted by molar-refractivity contribution is -0.115. The van der Waals surface area contributed by atoms with Gasteiger partial charge in [-0.25, -0.2) is 0 Å². The molecule has 1 amide bonds. The summed E-state index contributed by atoms with van der Waals surface area (Å²) in [5.41, 5.74) is 9.22. The zero-order valence-electron chi connectivity index (χ0n) is 22.7. The lowest BCUT2D eigenvalue weighted by Crippen LogP contribution is -2.29. The summed E-state index contributed by atoms with van der Waals surface area (Å²) < 4.78 is 2.26. The van der Waals surface area contributed by atoms with Crippen molar-refractivity contribution >= 4 is 46.2 Å². The molecule has 3 heterocycles. The van der Waals surface area contributed by atoms with Crippen molar-refractivity contribution in [3.8, 4) is 5.69 Å². The van der Waals surface area contributed by atoms with E-state index >= 15 is 0 Å². The predicted molar refractivity (Wildman–Crippen MR) is 163 cm³/mol. The molecule has 0 saturated carbocycles. The van der Waals surface area contributed by atoms with E-state index in [0.29, 0.717) is 16.6 Å². The molecule has 1 aliphatic heterocycles. The highest BCUT2D eigenvalue weighted by atomic mass is 35.5. The highest BCUT2D eigenvalue weighted by molar-refractivity contribution is 7.80. The third-order valence-electron chi connectivity index (χ3n) is 7.38. The second kappa shape index (κ2) is 10.8. The van der Waals surface area contributed by atoms with Crippen LogP contribution in [0.3, 0.4) is 0 Å². The zero-order valence-corrected chi connectivity index (χ0v) is 24.3. The van der Waals surface area contributed by atoms with Crippen molar-refractivity contribution < 1.29 is 4.79 Å². The van der Waals surface area contributed by atoms with Gasteiger partial charge in [-0.1, -0.05) is 30.7 Å². The van der Waals surface area contributed by atoms with Gasteiger partial charge in [0.1, 0.15) is 0 Å². The van der Waals surface area contributed by atoms with Crippen LogP contribution in [0.2, 0.25) is 5.02 Å². The molecule has 0 spiro atoms. The number of anilines is 2. The molecule has 2 unspecified atom stereocenters. The first-order chi connectivity index (χ1) is 18.7. The summed E-state index contributed by atoms with van der Waals surface area (Å²) in [5, 5.41) is 7.87. The van der Waals surface area contributed by atoms with E-state index in [4.69, 9.17) is 28.8 Å². The van der Waals surface area contributed by atoms with Gasteiger partial charge in [-0.2, -0.15) is 0 Å². The topological polar surface area (TPSA) is 62.2 Å². The van der Waals surface area contributed by atoms with E-state index in [1.807, 2.05) is 68.6 Å². The zero-order chi connectivity index (χ0) is 27.8. The number of carbonyl (C=O) groups excluding carboxylic acids is 1. The van der Waals surface area contributed by atoms with Crippen molar-refractivity contribution in [3.63, 3.8) is 0 Å². The number of nitrogens with one attached hydrogen (secondary N) is 2. The second-order valence-electron chi connectivity index (χ2n) is 9.99. The number of nitrogens with zero attached hydrogens (tertiary/aromatic N) is 3. The number of thiocarbonyl (C=S) groups is 1. The quantitative estimate of drug-likeness (QED) is 0.244. The molecule has 4 aromatic rings. The maximum absolute atomic E-state index is 12.0. The van der Waals surface area contributed by atoms with Gasteiger partial charge in [0.25, 0.3) is 0 Å². The van der Waals surface area contributed by atoms with Gasteiger partial charge >= 0.3 is 0 Å². The summed E-state index contributed by atoms with van der Waals surface area (Å²) in [5.74, 6) is -0.0129. The van der Waals surface area contributed by atoms with Gasteiger partial charge in [-0.15, -0.1) is 0 Å². The van der Waals surface area contributed by atoms with Gasteiger partial charge in [0.05, 0.1) is 17.8 Å². The summed E-state index contributed by atoms with van der Waals surface area (Å²) in [6.07, 6.45) is 2.24. The molecule has 8 heteroatoms. The SMILES string of the molecule is CCC(=O)Nc1ccc(N2C(=S)NC(c3ccccn3)C2c2cc(C)n(-c3cc(Cl)ccc3C)c2C)cc1C. The molecule has 2 N–H and O–H groups in total. The van der Waals surface area contributed by atoms with Crippen LogP contribution in [0, 0.1) is 27.7 Å². The van der Waals surface area contributed by atoms with Crippen LogP contribution in [0.4, 0.5) is 11.4 Å². The van der Waals surface area contributed by atoms with Gasteiger partial charge in [-0.05, 0) is 105 Å². The van der Waals surface area contributed by atoms with Crippen LogP contribution < -0.4 is 15.5 Å². The maximum Gasteiger partial charge on any atom is 0.224 e. The number of hydrogen-bond donors (Lipinski definition) is 2. The average Bonchev–Trinajstić information content (AvgIpc) is 3.41. The smallest absolute Gasteiger partial charge is 0.224 e. The van der Waals surface area contributed by atoms with Crippen molar-refractivity contribution in [3.05, 3.63) is 106 Å². The lowest BCUT2D eigenvalue weighted by atomic mass is 9.96. The summed E-state index contributed by atoms with van der Waals surface area (Å²) in [4.78, 5) is 18.9. The summed E-state index contributed by atoms with van der Waals surface area (Å²) in [6.45, 7) is 10.2. The number of amides is 1. The van der Waals surface area contributed by atoms with Crippen LogP contribution in [0.25, 0.3) is 5.69 Å². The Morgan fingerprint density at radius 1 is 1.05 bits per heavy atom. The molecule has 1 fully saturated rings. The summed E-state index contributed by atoms with van der Waals surface area (Å²) in [6, 6.07) is 19.9. The van der Waals surface area contributed by atoms with Crippen molar-refractivity contribution in [2.24, 2.45) is 0 Å². The summed E-state index contributed by atoms with van der Waals surface area (Å²) >= 11 is 12.4. The molecule has 2 aromatic carbocycles. The molecule has 0 radical (unpaired) electrons. The minimum Gasteiger partial charge on any atom is -0.351 e. The van der Waals surface area contributed by atoms with Crippen LogP contribution >= 0.6 is 23.8 Å². The Bertz CT molecular complexity index is 1560. The molecule has 5 rings (SSSR count). The first-order valence-electron chi connectivity index (χ1n) is 13.1. The molecule has 6 nitrogen and oxygen atoms in total. The fraction of sp³-hybridized carbons (Fsp3) is 0.258. The van der Waals surface area contributed by atoms with Crippen LogP contribution in [0.15, 0.2) is 66.9 Å². The van der Waals surface area contributed by atoms with Crippen molar-refractivity contribution in [2.45, 2.75) is 53.1 Å². The molecule has 2 atom stereocenters. The fourth-order valence-electron chi connectivity index (χ4n) is 5.41. The number of aromatic nitrogens is 2. The molecule has 200 valence electrons. The number of benzene rings is 2. The molecular weight excluding hydrogens is 526 g/mol. The molecule has 39 heavy (non-hydrogen) atoms. The minimum atomic E-state index is -0.159. The van der Waals surface area contributed by atoms with Gasteiger partial charge in [0.15, 0.2) is 5.11 Å². The number of halogens is 1. The van der Waals surface area contributed by atoms with Gasteiger partial charge in [0.2, 0.25) is 5.91 Å². The summed E-state index contributed by atoms with van der Waals surface area (Å²) in [7, 11) is 0. The Kier molecular flexibility index (Phi) is 7.47. The molecule has 0 aliphatic carbocycles. The first-order valence-corrected chi connectivity index (χ1v) is 13.8. The molecule has 1 saturated heterocycles. The number of rotatable bonds is 6. The Labute approximate surface area is 240 Å². The van der Waals surface area contributed by atoms with Crippen molar-refractivity contribution in [1.82, 2.24) is 14.9 Å². The van der Waals surface area contributed by atoms with E-state index in [-0.39, 0.29) is 18.0 Å². The number of hydrogen-bond acceptors (Lipinski definition) is 3. The Hall–Kier alpha value is -3.68. The number of pyridine rings is 1. The number of carbonyl (C=O) groups is 1. The lowest BCUT2D eigenvalue weighted by Gasteiger charge is -2.29. The van der Waals surface area contributed by atoms with E-state index in [1.165, 1.54) is 0 Å². The first kappa shape index (κ1) is 26.9. The number of aryl methyl sites for hydroxylation is 3. The Morgan fingerprint density at radius 2 is 1.85 bits per heavy atom. The van der Waals surface area contributed by atoms with Crippen LogP contribution in [0.5, 0.6) is 0 Å². The molecule has 1 aliphatic rings. The van der Waals surface area contributed by atoms with E-state index in [2.05, 4.69) is 53.0 Å². The average molecular weight is 558 g/mol. The monoisotopic (exact) mass is 557 g/mol. The van der Waals surface area contributed by atoms with Crippen molar-refractivity contribution in [2.75, 3.05) is 10.2 Å². The van der Waals surface area contributed by atoms with Gasteiger partial charge < -0.3 is 20.1 Å². The third-order valence-corrected chi connectivity index (χ3v) is 7.93. The van der Waals surface area contributed by atoms with Crippen LogP contribution in [-0.2, 0) is 4.79 Å². The second-order valence-corrected chi connectivity index (χ2v) is 10.8. The van der Waals surface area contributed by atoms with E-state index in [9.17, 15) is 4.79 Å². The van der Waals surface area contributed by atoms with Crippen molar-refractivity contribution in [1.29, 1.82) is 0 Å². The fourth-order valence-corrected chi connectivity index (χ4v) is 5.92.